The van der Waals surface area contributed by atoms with E-state index in [1.54, 1.807) is 17.0 Å². The van der Waals surface area contributed by atoms with Gasteiger partial charge in [-0.05, 0) is 62.1 Å². The quantitative estimate of drug-likeness (QED) is 0.766. The summed E-state index contributed by atoms with van der Waals surface area (Å²) >= 11 is 0. The number of benzene rings is 2. The molecule has 1 N–H and O–H groups in total. The van der Waals surface area contributed by atoms with Crippen LogP contribution in [0.5, 0.6) is 17.2 Å². The Hall–Kier alpha value is -3.22. The van der Waals surface area contributed by atoms with Crippen LogP contribution in [0, 0.1) is 13.8 Å². The molecule has 0 bridgehead atoms. The third-order valence-electron chi connectivity index (χ3n) is 5.80. The van der Waals surface area contributed by atoms with E-state index in [-0.39, 0.29) is 17.9 Å². The van der Waals surface area contributed by atoms with Crippen LogP contribution in [0.4, 0.5) is 0 Å². The summed E-state index contributed by atoms with van der Waals surface area (Å²) in [5.74, 6) is 1.17. The van der Waals surface area contributed by atoms with Crippen molar-refractivity contribution in [3.63, 3.8) is 0 Å². The van der Waals surface area contributed by atoms with Gasteiger partial charge in [0.2, 0.25) is 5.75 Å². The third-order valence-corrected chi connectivity index (χ3v) is 5.80. The molecule has 2 aromatic carbocycles. The molecule has 1 aliphatic rings. The lowest BCUT2D eigenvalue weighted by molar-refractivity contribution is 0.0697. The van der Waals surface area contributed by atoms with Gasteiger partial charge >= 0.3 is 0 Å². The van der Waals surface area contributed by atoms with Crippen molar-refractivity contribution in [2.45, 2.75) is 32.7 Å². The Kier molecular flexibility index (Phi) is 7.05. The molecule has 0 saturated carbocycles. The zero-order valence-corrected chi connectivity index (χ0v) is 18.8. The van der Waals surface area contributed by atoms with Crippen LogP contribution in [-0.4, -0.2) is 57.2 Å². The number of likely N-dealkylation sites (tertiary alicyclic amines) is 1. The molecule has 0 aliphatic carbocycles. The summed E-state index contributed by atoms with van der Waals surface area (Å²) in [6.07, 6.45) is 1.40. The number of methoxy groups -OCH3 is 3. The number of hydrogen-bond acceptors (Lipinski definition) is 5. The molecular formula is C24H30N2O5. The summed E-state index contributed by atoms with van der Waals surface area (Å²) < 4.78 is 16.0. The van der Waals surface area contributed by atoms with Crippen LogP contribution in [-0.2, 0) is 0 Å². The van der Waals surface area contributed by atoms with E-state index in [0.717, 1.165) is 11.1 Å². The fourth-order valence-corrected chi connectivity index (χ4v) is 3.77. The Morgan fingerprint density at radius 2 is 1.48 bits per heavy atom. The standard InChI is InChI=1S/C24H30N2O5/c1-15-6-7-17(12-16(15)2)23(27)25-19-8-10-26(11-9-19)24(28)18-13-20(29-3)22(31-5)21(14-18)30-4/h6-7,12-14,19H,8-11H2,1-5H3,(H,25,27). The fourth-order valence-electron chi connectivity index (χ4n) is 3.77. The molecule has 0 aromatic heterocycles. The van der Waals surface area contributed by atoms with Crippen LogP contribution in [0.3, 0.4) is 0 Å². The van der Waals surface area contributed by atoms with Crippen molar-refractivity contribution in [3.05, 3.63) is 52.6 Å². The van der Waals surface area contributed by atoms with E-state index in [2.05, 4.69) is 5.32 Å². The highest BCUT2D eigenvalue weighted by Crippen LogP contribution is 2.38. The Labute approximate surface area is 183 Å². The van der Waals surface area contributed by atoms with Crippen molar-refractivity contribution in [1.29, 1.82) is 0 Å². The molecule has 2 amide bonds. The van der Waals surface area contributed by atoms with Crippen LogP contribution < -0.4 is 19.5 Å². The van der Waals surface area contributed by atoms with E-state index in [9.17, 15) is 9.59 Å². The van der Waals surface area contributed by atoms with Gasteiger partial charge in [-0.1, -0.05) is 6.07 Å². The zero-order chi connectivity index (χ0) is 22.5. The fraction of sp³-hybridized carbons (Fsp3) is 0.417. The summed E-state index contributed by atoms with van der Waals surface area (Å²) in [6, 6.07) is 9.09. The molecule has 1 fully saturated rings. The average Bonchev–Trinajstić information content (AvgIpc) is 2.79. The Bertz CT molecular complexity index is 939. The van der Waals surface area contributed by atoms with Gasteiger partial charge in [-0.3, -0.25) is 9.59 Å². The van der Waals surface area contributed by atoms with Crippen molar-refractivity contribution in [2.24, 2.45) is 0 Å². The lowest BCUT2D eigenvalue weighted by atomic mass is 10.0. The maximum absolute atomic E-state index is 13.0. The first kappa shape index (κ1) is 22.5. The molecule has 7 heteroatoms. The highest BCUT2D eigenvalue weighted by molar-refractivity contribution is 5.96. The first-order valence-electron chi connectivity index (χ1n) is 10.3. The van der Waals surface area contributed by atoms with E-state index in [1.165, 1.54) is 21.3 Å². The maximum Gasteiger partial charge on any atom is 0.254 e. The van der Waals surface area contributed by atoms with Crippen molar-refractivity contribution in [1.82, 2.24) is 10.2 Å². The van der Waals surface area contributed by atoms with Crippen molar-refractivity contribution >= 4 is 11.8 Å². The molecule has 1 aliphatic heterocycles. The lowest BCUT2D eigenvalue weighted by Crippen LogP contribution is -2.46. The van der Waals surface area contributed by atoms with Gasteiger partial charge in [-0.25, -0.2) is 0 Å². The predicted octanol–water partition coefficient (Wildman–Crippen LogP) is 3.36. The molecule has 3 rings (SSSR count). The Balaban J connectivity index is 1.63. The number of aryl methyl sites for hydroxylation is 2. The minimum atomic E-state index is -0.0989. The van der Waals surface area contributed by atoms with Gasteiger partial charge in [0.25, 0.3) is 11.8 Å². The Morgan fingerprint density at radius 3 is 2.00 bits per heavy atom. The molecule has 31 heavy (non-hydrogen) atoms. The second kappa shape index (κ2) is 9.73. The summed E-state index contributed by atoms with van der Waals surface area (Å²) in [5.41, 5.74) is 3.40. The number of piperidine rings is 1. The summed E-state index contributed by atoms with van der Waals surface area (Å²) in [7, 11) is 4.57. The second-order valence-electron chi connectivity index (χ2n) is 7.75. The van der Waals surface area contributed by atoms with Crippen LogP contribution in [0.2, 0.25) is 0 Å². The summed E-state index contributed by atoms with van der Waals surface area (Å²) in [5, 5.41) is 3.10. The number of carbonyl (C=O) groups is 2. The van der Waals surface area contributed by atoms with Gasteiger partial charge < -0.3 is 24.4 Å². The smallest absolute Gasteiger partial charge is 0.254 e. The van der Waals surface area contributed by atoms with E-state index < -0.39 is 0 Å². The number of amides is 2. The lowest BCUT2D eigenvalue weighted by Gasteiger charge is -2.32. The highest BCUT2D eigenvalue weighted by atomic mass is 16.5. The van der Waals surface area contributed by atoms with Gasteiger partial charge in [0.1, 0.15) is 0 Å². The van der Waals surface area contributed by atoms with Crippen LogP contribution in [0.15, 0.2) is 30.3 Å². The van der Waals surface area contributed by atoms with Gasteiger partial charge in [0.15, 0.2) is 11.5 Å². The molecule has 1 heterocycles. The van der Waals surface area contributed by atoms with Gasteiger partial charge in [-0.2, -0.15) is 0 Å². The normalized spacial score (nSPS) is 14.2. The predicted molar refractivity (Wildman–Crippen MR) is 118 cm³/mol. The van der Waals surface area contributed by atoms with Crippen molar-refractivity contribution in [3.8, 4) is 17.2 Å². The number of nitrogens with one attached hydrogen (secondary N) is 1. The molecule has 166 valence electrons. The third kappa shape index (κ3) is 4.93. The molecule has 0 unspecified atom stereocenters. The minimum absolute atomic E-state index is 0.0399. The highest BCUT2D eigenvalue weighted by Gasteiger charge is 2.26. The zero-order valence-electron chi connectivity index (χ0n) is 18.8. The SMILES string of the molecule is COc1cc(C(=O)N2CCC(NC(=O)c3ccc(C)c(C)c3)CC2)cc(OC)c1OC. The monoisotopic (exact) mass is 426 g/mol. The largest absolute Gasteiger partial charge is 0.493 e. The minimum Gasteiger partial charge on any atom is -0.493 e. The summed E-state index contributed by atoms with van der Waals surface area (Å²) in [6.45, 7) is 5.15. The number of rotatable bonds is 6. The molecule has 2 aromatic rings. The van der Waals surface area contributed by atoms with Crippen LogP contribution in [0.25, 0.3) is 0 Å². The molecule has 0 atom stereocenters. The van der Waals surface area contributed by atoms with Crippen LogP contribution in [0.1, 0.15) is 44.7 Å². The van der Waals surface area contributed by atoms with Gasteiger partial charge in [0.05, 0.1) is 21.3 Å². The summed E-state index contributed by atoms with van der Waals surface area (Å²) in [4.78, 5) is 27.4. The number of ether oxygens (including phenoxy) is 3. The first-order chi connectivity index (χ1) is 14.9. The topological polar surface area (TPSA) is 77.1 Å². The van der Waals surface area contributed by atoms with E-state index in [1.807, 2.05) is 32.0 Å². The van der Waals surface area contributed by atoms with Crippen LogP contribution >= 0.6 is 0 Å². The van der Waals surface area contributed by atoms with Crippen molar-refractivity contribution < 1.29 is 23.8 Å². The molecule has 0 radical (unpaired) electrons. The Morgan fingerprint density at radius 1 is 0.871 bits per heavy atom. The average molecular weight is 427 g/mol. The first-order valence-corrected chi connectivity index (χ1v) is 10.3. The molecular weight excluding hydrogens is 396 g/mol. The van der Waals surface area contributed by atoms with Crippen molar-refractivity contribution in [2.75, 3.05) is 34.4 Å². The number of carbonyl (C=O) groups excluding carboxylic acids is 2. The van der Waals surface area contributed by atoms with Gasteiger partial charge in [-0.15, -0.1) is 0 Å². The molecule has 1 saturated heterocycles. The number of hydrogen-bond donors (Lipinski definition) is 1. The molecule has 7 nitrogen and oxygen atoms in total. The van der Waals surface area contributed by atoms with E-state index >= 15 is 0 Å². The van der Waals surface area contributed by atoms with E-state index in [0.29, 0.717) is 54.3 Å². The second-order valence-corrected chi connectivity index (χ2v) is 7.75. The van der Waals surface area contributed by atoms with Gasteiger partial charge in [0, 0.05) is 30.3 Å². The maximum atomic E-state index is 13.0. The molecule has 0 spiro atoms. The van der Waals surface area contributed by atoms with E-state index in [4.69, 9.17) is 14.2 Å². The number of nitrogens with zero attached hydrogens (tertiary/aromatic N) is 1.